The van der Waals surface area contributed by atoms with E-state index >= 15 is 0 Å². The zero-order valence-electron chi connectivity index (χ0n) is 12.9. The van der Waals surface area contributed by atoms with Crippen molar-refractivity contribution in [3.63, 3.8) is 0 Å². The zero-order chi connectivity index (χ0) is 17.1. The van der Waals surface area contributed by atoms with Crippen molar-refractivity contribution in [2.75, 3.05) is 0 Å². The van der Waals surface area contributed by atoms with Crippen molar-refractivity contribution in [2.45, 2.75) is 31.2 Å². The van der Waals surface area contributed by atoms with Crippen LogP contribution in [0.5, 0.6) is 0 Å². The van der Waals surface area contributed by atoms with Crippen LogP contribution in [0.2, 0.25) is 0 Å². The first kappa shape index (κ1) is 16.0. The predicted molar refractivity (Wildman–Crippen MR) is 87.3 cm³/mol. The van der Waals surface area contributed by atoms with Gasteiger partial charge in [-0.25, -0.2) is 4.39 Å². The highest BCUT2D eigenvalue weighted by Gasteiger charge is 2.31. The lowest BCUT2D eigenvalue weighted by Crippen LogP contribution is -2.26. The second kappa shape index (κ2) is 6.72. The Hall–Kier alpha value is -2.85. The molecule has 0 aromatic heterocycles. The fraction of sp³-hybridized carbons (Fsp3) is 0.278. The van der Waals surface area contributed by atoms with Crippen molar-refractivity contribution < 1.29 is 14.3 Å². The summed E-state index contributed by atoms with van der Waals surface area (Å²) in [7, 11) is 0. The molecular weight excluding hydrogens is 309 g/mol. The number of carboxylic acid groups (broad SMARTS) is 1. The fourth-order valence-corrected chi connectivity index (χ4v) is 3.33. The van der Waals surface area contributed by atoms with Gasteiger partial charge in [0, 0.05) is 10.8 Å². The summed E-state index contributed by atoms with van der Waals surface area (Å²) < 4.78 is 13.2. The number of carboxylic acids is 1. The number of aryl methyl sites for hydroxylation is 2. The minimum absolute atomic E-state index is 0.401. The summed E-state index contributed by atoms with van der Waals surface area (Å²) >= 11 is 0. The van der Waals surface area contributed by atoms with Gasteiger partial charge in [0.1, 0.15) is 11.9 Å². The third-order valence-corrected chi connectivity index (χ3v) is 4.46. The van der Waals surface area contributed by atoms with E-state index in [4.69, 9.17) is 5.53 Å². The molecule has 0 aliphatic heterocycles. The molecule has 0 fully saturated rings. The monoisotopic (exact) mass is 325 g/mol. The molecule has 0 saturated heterocycles. The molecule has 0 unspecified atom stereocenters. The van der Waals surface area contributed by atoms with Gasteiger partial charge in [0.05, 0.1) is 0 Å². The second-order valence-corrected chi connectivity index (χ2v) is 5.90. The Labute approximate surface area is 138 Å². The number of carbonyl (C=O) groups is 1. The molecule has 3 rings (SSSR count). The van der Waals surface area contributed by atoms with E-state index in [9.17, 15) is 14.3 Å². The van der Waals surface area contributed by atoms with Gasteiger partial charge in [0.15, 0.2) is 0 Å². The molecule has 0 bridgehead atoms. The number of hydrogen-bond donors (Lipinski definition) is 1. The highest BCUT2D eigenvalue weighted by molar-refractivity contribution is 5.76. The molecule has 1 aliphatic carbocycles. The van der Waals surface area contributed by atoms with Crippen LogP contribution in [0.3, 0.4) is 0 Å². The summed E-state index contributed by atoms with van der Waals surface area (Å²) in [6, 6.07) is 10.2. The van der Waals surface area contributed by atoms with Gasteiger partial charge in [-0.1, -0.05) is 35.4 Å². The number of rotatable bonds is 5. The Morgan fingerprint density at radius 1 is 1.12 bits per heavy atom. The molecule has 0 radical (unpaired) electrons. The summed E-state index contributed by atoms with van der Waals surface area (Å²) in [5.74, 6) is -2.27. The van der Waals surface area contributed by atoms with E-state index in [-0.39, 0.29) is 0 Å². The molecule has 6 heteroatoms. The molecule has 24 heavy (non-hydrogen) atoms. The number of benzene rings is 2. The van der Waals surface area contributed by atoms with E-state index in [0.717, 1.165) is 24.8 Å². The molecule has 2 atom stereocenters. The van der Waals surface area contributed by atoms with Crippen LogP contribution in [0.25, 0.3) is 10.4 Å². The van der Waals surface area contributed by atoms with Crippen LogP contribution < -0.4 is 0 Å². The van der Waals surface area contributed by atoms with Crippen LogP contribution in [0, 0.1) is 5.82 Å². The summed E-state index contributed by atoms with van der Waals surface area (Å²) in [4.78, 5) is 14.3. The molecule has 122 valence electrons. The number of halogens is 1. The molecule has 0 saturated carbocycles. The Morgan fingerprint density at radius 2 is 1.79 bits per heavy atom. The van der Waals surface area contributed by atoms with Crippen LogP contribution in [-0.2, 0) is 17.6 Å². The summed E-state index contributed by atoms with van der Waals surface area (Å²) in [5, 5.41) is 13.0. The average molecular weight is 325 g/mol. The maximum atomic E-state index is 13.2. The first-order valence-corrected chi connectivity index (χ1v) is 7.74. The Balaban J connectivity index is 2.12. The highest BCUT2D eigenvalue weighted by Crippen LogP contribution is 2.33. The van der Waals surface area contributed by atoms with Crippen molar-refractivity contribution in [3.8, 4) is 0 Å². The van der Waals surface area contributed by atoms with Gasteiger partial charge >= 0.3 is 5.97 Å². The number of aliphatic carboxylic acids is 1. The Kier molecular flexibility index (Phi) is 4.49. The maximum absolute atomic E-state index is 13.2. The molecule has 0 spiro atoms. The summed E-state index contributed by atoms with van der Waals surface area (Å²) in [6.07, 6.45) is 3.06. The highest BCUT2D eigenvalue weighted by atomic mass is 19.1. The average Bonchev–Trinajstić information content (AvgIpc) is 3.03. The predicted octanol–water partition coefficient (Wildman–Crippen LogP) is 4.21. The lowest BCUT2D eigenvalue weighted by Gasteiger charge is -2.22. The summed E-state index contributed by atoms with van der Waals surface area (Å²) in [6.45, 7) is 0. The molecule has 0 heterocycles. The first-order valence-electron chi connectivity index (χ1n) is 7.74. The zero-order valence-corrected chi connectivity index (χ0v) is 12.9. The Bertz CT molecular complexity index is 812. The number of nitrogens with zero attached hydrogens (tertiary/aromatic N) is 3. The normalized spacial score (nSPS) is 15.2. The molecule has 2 aromatic carbocycles. The van der Waals surface area contributed by atoms with Crippen molar-refractivity contribution in [2.24, 2.45) is 5.11 Å². The molecule has 2 aromatic rings. The van der Waals surface area contributed by atoms with Crippen LogP contribution in [0.4, 0.5) is 4.39 Å². The van der Waals surface area contributed by atoms with E-state index in [1.807, 2.05) is 18.2 Å². The number of fused-ring (bicyclic) bond motifs is 1. The smallest absolute Gasteiger partial charge is 0.313 e. The summed E-state index contributed by atoms with van der Waals surface area (Å²) in [5.41, 5.74) is 12.6. The van der Waals surface area contributed by atoms with Gasteiger partial charge < -0.3 is 5.11 Å². The fourth-order valence-electron chi connectivity index (χ4n) is 3.33. The quantitative estimate of drug-likeness (QED) is 0.507. The van der Waals surface area contributed by atoms with Crippen LogP contribution >= 0.6 is 0 Å². The van der Waals surface area contributed by atoms with Gasteiger partial charge in [-0.3, -0.25) is 4.79 Å². The SMILES string of the molecule is [N-]=[N+]=N[C@H](C(=O)O)[C@@H](c1ccc(F)cc1)c1ccc2c(c1)CCC2. The molecule has 1 aliphatic rings. The van der Waals surface area contributed by atoms with E-state index in [1.54, 1.807) is 0 Å². The van der Waals surface area contributed by atoms with Crippen molar-refractivity contribution >= 4 is 5.97 Å². The van der Waals surface area contributed by atoms with Crippen molar-refractivity contribution in [1.82, 2.24) is 0 Å². The van der Waals surface area contributed by atoms with E-state index in [0.29, 0.717) is 5.56 Å². The molecule has 0 amide bonds. The van der Waals surface area contributed by atoms with Crippen molar-refractivity contribution in [3.05, 3.63) is 81.0 Å². The lowest BCUT2D eigenvalue weighted by atomic mass is 9.84. The van der Waals surface area contributed by atoms with Gasteiger partial charge in [0.25, 0.3) is 0 Å². The van der Waals surface area contributed by atoms with E-state index in [2.05, 4.69) is 10.0 Å². The van der Waals surface area contributed by atoms with E-state index < -0.39 is 23.7 Å². The van der Waals surface area contributed by atoms with Gasteiger partial charge in [-0.2, -0.15) is 0 Å². The number of azide groups is 1. The van der Waals surface area contributed by atoms with Gasteiger partial charge in [0.2, 0.25) is 0 Å². The number of hydrogen-bond acceptors (Lipinski definition) is 2. The van der Waals surface area contributed by atoms with Gasteiger partial charge in [-0.15, -0.1) is 0 Å². The van der Waals surface area contributed by atoms with Crippen LogP contribution in [0.15, 0.2) is 47.6 Å². The Morgan fingerprint density at radius 3 is 2.46 bits per heavy atom. The standard InChI is InChI=1S/C18H16FN3O2/c19-15-8-6-12(7-9-15)16(17(18(23)24)21-22-20)14-5-4-11-2-1-3-13(11)10-14/h4-10,16-17H,1-3H2,(H,23,24)/t16-,17-/m0/s1. The largest absolute Gasteiger partial charge is 0.481 e. The van der Waals surface area contributed by atoms with Gasteiger partial charge in [-0.05, 0) is 59.2 Å². The third kappa shape index (κ3) is 3.09. The first-order chi connectivity index (χ1) is 11.6. The van der Waals surface area contributed by atoms with Crippen LogP contribution in [0.1, 0.15) is 34.6 Å². The molecular formula is C18H16FN3O2. The maximum Gasteiger partial charge on any atom is 0.313 e. The molecule has 5 nitrogen and oxygen atoms in total. The minimum Gasteiger partial charge on any atom is -0.481 e. The topological polar surface area (TPSA) is 86.1 Å². The van der Waals surface area contributed by atoms with Crippen molar-refractivity contribution in [1.29, 1.82) is 0 Å². The molecule has 1 N–H and O–H groups in total. The third-order valence-electron chi connectivity index (χ3n) is 4.46. The minimum atomic E-state index is -1.29. The lowest BCUT2D eigenvalue weighted by molar-refractivity contribution is -0.138. The van der Waals surface area contributed by atoms with Crippen LogP contribution in [-0.4, -0.2) is 17.1 Å². The van der Waals surface area contributed by atoms with E-state index in [1.165, 1.54) is 35.4 Å². The second-order valence-electron chi connectivity index (χ2n) is 5.90.